The van der Waals surface area contributed by atoms with Gasteiger partial charge >= 0.3 is 0 Å². The molecule has 1 saturated heterocycles. The fourth-order valence-electron chi connectivity index (χ4n) is 3.59. The number of piperidine rings is 1. The van der Waals surface area contributed by atoms with Crippen LogP contribution in [-0.2, 0) is 4.79 Å². The van der Waals surface area contributed by atoms with Gasteiger partial charge in [0.15, 0.2) is 5.82 Å². The Labute approximate surface area is 138 Å². The van der Waals surface area contributed by atoms with E-state index in [-0.39, 0.29) is 17.3 Å². The molecule has 2 aliphatic rings. The Kier molecular flexibility index (Phi) is 4.74. The van der Waals surface area contributed by atoms with Gasteiger partial charge in [-0.25, -0.2) is 0 Å². The predicted octanol–water partition coefficient (Wildman–Crippen LogP) is 3.87. The van der Waals surface area contributed by atoms with Crippen molar-refractivity contribution in [2.24, 2.45) is 5.41 Å². The summed E-state index contributed by atoms with van der Waals surface area (Å²) < 4.78 is 5.34. The molecule has 1 aliphatic carbocycles. The summed E-state index contributed by atoms with van der Waals surface area (Å²) in [6, 6.07) is 0. The highest BCUT2D eigenvalue weighted by molar-refractivity contribution is 5.85. The van der Waals surface area contributed by atoms with Crippen LogP contribution in [0.5, 0.6) is 0 Å². The van der Waals surface area contributed by atoms with Crippen LogP contribution < -0.4 is 0 Å². The molecule has 5 heteroatoms. The number of amides is 1. The van der Waals surface area contributed by atoms with E-state index in [9.17, 15) is 4.79 Å². The van der Waals surface area contributed by atoms with Gasteiger partial charge in [-0.05, 0) is 32.1 Å². The fraction of sp³-hybridized carbons (Fsp3) is 0.833. The molecule has 2 fully saturated rings. The zero-order chi connectivity index (χ0) is 16.4. The van der Waals surface area contributed by atoms with Crippen molar-refractivity contribution in [3.05, 3.63) is 11.7 Å². The van der Waals surface area contributed by atoms with Crippen LogP contribution >= 0.6 is 0 Å². The van der Waals surface area contributed by atoms with Crippen LogP contribution in [0.25, 0.3) is 0 Å². The van der Waals surface area contributed by atoms with Gasteiger partial charge in [0.1, 0.15) is 0 Å². The summed E-state index contributed by atoms with van der Waals surface area (Å²) >= 11 is 0. The highest BCUT2D eigenvalue weighted by atomic mass is 16.5. The van der Waals surface area contributed by atoms with E-state index < -0.39 is 0 Å². The van der Waals surface area contributed by atoms with Gasteiger partial charge in [0.05, 0.1) is 0 Å². The van der Waals surface area contributed by atoms with Gasteiger partial charge < -0.3 is 9.42 Å². The molecule has 1 saturated carbocycles. The maximum Gasteiger partial charge on any atom is 0.229 e. The first-order valence-electron chi connectivity index (χ1n) is 9.18. The highest BCUT2D eigenvalue weighted by Crippen LogP contribution is 2.51. The summed E-state index contributed by atoms with van der Waals surface area (Å²) in [7, 11) is 0. The van der Waals surface area contributed by atoms with Crippen LogP contribution in [0.1, 0.15) is 89.3 Å². The smallest absolute Gasteiger partial charge is 0.229 e. The van der Waals surface area contributed by atoms with Crippen molar-refractivity contribution in [3.63, 3.8) is 0 Å². The molecule has 2 heterocycles. The van der Waals surface area contributed by atoms with Gasteiger partial charge in [-0.3, -0.25) is 4.79 Å². The highest BCUT2D eigenvalue weighted by Gasteiger charge is 2.51. The van der Waals surface area contributed by atoms with E-state index in [1.807, 2.05) is 0 Å². The zero-order valence-corrected chi connectivity index (χ0v) is 14.7. The van der Waals surface area contributed by atoms with Crippen molar-refractivity contribution in [1.82, 2.24) is 15.0 Å². The van der Waals surface area contributed by atoms with Gasteiger partial charge in [-0.1, -0.05) is 38.8 Å². The molecule has 23 heavy (non-hydrogen) atoms. The quantitative estimate of drug-likeness (QED) is 0.798. The number of nitrogens with zero attached hydrogens (tertiary/aromatic N) is 3. The molecule has 0 N–H and O–H groups in total. The van der Waals surface area contributed by atoms with Crippen LogP contribution in [0, 0.1) is 5.41 Å². The number of carbonyl (C=O) groups is 1. The van der Waals surface area contributed by atoms with Gasteiger partial charge in [0.2, 0.25) is 11.8 Å². The molecule has 1 aliphatic heterocycles. The minimum absolute atomic E-state index is 0.0295. The summed E-state index contributed by atoms with van der Waals surface area (Å²) in [5, 5.41) is 4.16. The van der Waals surface area contributed by atoms with E-state index in [0.717, 1.165) is 57.4 Å². The predicted molar refractivity (Wildman–Crippen MR) is 88.1 cm³/mol. The summed E-state index contributed by atoms with van der Waals surface area (Å²) in [5.74, 6) is 2.34. The van der Waals surface area contributed by atoms with Gasteiger partial charge in [-0.2, -0.15) is 4.98 Å². The van der Waals surface area contributed by atoms with E-state index >= 15 is 0 Å². The molecule has 0 aromatic carbocycles. The molecule has 1 unspecified atom stereocenters. The van der Waals surface area contributed by atoms with Crippen molar-refractivity contribution in [1.29, 1.82) is 0 Å². The standard InChI is InChI=1S/C18H29N3O2/c1-4-5-8-18(9-10-18)17(22)21-11-6-7-14(12-21)15-19-16(13(2)3)23-20-15/h13-14H,4-12H2,1-3H3. The van der Waals surface area contributed by atoms with Gasteiger partial charge in [0, 0.05) is 30.3 Å². The first kappa shape index (κ1) is 16.5. The number of carbonyl (C=O) groups excluding carboxylic acids is 1. The summed E-state index contributed by atoms with van der Waals surface area (Å²) in [6.07, 6.45) is 7.61. The second-order valence-corrected chi connectivity index (χ2v) is 7.62. The van der Waals surface area contributed by atoms with Crippen LogP contribution in [0.4, 0.5) is 0 Å². The van der Waals surface area contributed by atoms with E-state index in [1.54, 1.807) is 0 Å². The lowest BCUT2D eigenvalue weighted by Crippen LogP contribution is -2.43. The maximum absolute atomic E-state index is 12.9. The minimum atomic E-state index is -0.0295. The van der Waals surface area contributed by atoms with Crippen LogP contribution in [0.2, 0.25) is 0 Å². The number of hydrogen-bond acceptors (Lipinski definition) is 4. The Hall–Kier alpha value is -1.39. The topological polar surface area (TPSA) is 59.2 Å². The normalized spacial score (nSPS) is 23.3. The summed E-state index contributed by atoms with van der Waals surface area (Å²) in [4.78, 5) is 19.6. The zero-order valence-electron chi connectivity index (χ0n) is 14.7. The Morgan fingerprint density at radius 3 is 2.83 bits per heavy atom. The molecule has 0 radical (unpaired) electrons. The molecule has 1 aromatic heterocycles. The van der Waals surface area contributed by atoms with Gasteiger partial charge in [-0.15, -0.1) is 0 Å². The molecule has 1 aromatic rings. The van der Waals surface area contributed by atoms with E-state index in [0.29, 0.717) is 11.8 Å². The first-order chi connectivity index (χ1) is 11.1. The average Bonchev–Trinajstić information content (AvgIpc) is 3.18. The molecule has 128 valence electrons. The monoisotopic (exact) mass is 319 g/mol. The number of likely N-dealkylation sites (tertiary alicyclic amines) is 1. The minimum Gasteiger partial charge on any atom is -0.341 e. The summed E-state index contributed by atoms with van der Waals surface area (Å²) in [6.45, 7) is 7.94. The number of hydrogen-bond donors (Lipinski definition) is 0. The van der Waals surface area contributed by atoms with Crippen molar-refractivity contribution in [2.75, 3.05) is 13.1 Å². The number of aromatic nitrogens is 2. The third-order valence-electron chi connectivity index (χ3n) is 5.34. The largest absolute Gasteiger partial charge is 0.341 e. The summed E-state index contributed by atoms with van der Waals surface area (Å²) in [5.41, 5.74) is -0.0295. The number of unbranched alkanes of at least 4 members (excludes halogenated alkanes) is 1. The lowest BCUT2D eigenvalue weighted by Gasteiger charge is -2.34. The SMILES string of the molecule is CCCCC1(C(=O)N2CCCC(c3noc(C(C)C)n3)C2)CC1. The van der Waals surface area contributed by atoms with Crippen LogP contribution in [-0.4, -0.2) is 34.0 Å². The maximum atomic E-state index is 12.9. The molecular formula is C18H29N3O2. The molecule has 1 amide bonds. The van der Waals surface area contributed by atoms with Crippen LogP contribution in [0.15, 0.2) is 4.52 Å². The number of rotatable bonds is 6. The van der Waals surface area contributed by atoms with Crippen molar-refractivity contribution < 1.29 is 9.32 Å². The van der Waals surface area contributed by atoms with E-state index in [4.69, 9.17) is 4.52 Å². The lowest BCUT2D eigenvalue weighted by molar-refractivity contribution is -0.138. The Balaban J connectivity index is 1.65. The van der Waals surface area contributed by atoms with E-state index in [2.05, 4.69) is 35.8 Å². The second kappa shape index (κ2) is 6.62. The molecule has 0 bridgehead atoms. The third-order valence-corrected chi connectivity index (χ3v) is 5.34. The first-order valence-corrected chi connectivity index (χ1v) is 9.18. The molecular weight excluding hydrogens is 290 g/mol. The van der Waals surface area contributed by atoms with E-state index in [1.165, 1.54) is 6.42 Å². The Bertz CT molecular complexity index is 548. The Morgan fingerprint density at radius 1 is 1.43 bits per heavy atom. The Morgan fingerprint density at radius 2 is 2.22 bits per heavy atom. The molecule has 3 rings (SSSR count). The second-order valence-electron chi connectivity index (χ2n) is 7.62. The van der Waals surface area contributed by atoms with Crippen molar-refractivity contribution >= 4 is 5.91 Å². The van der Waals surface area contributed by atoms with Gasteiger partial charge in [0.25, 0.3) is 0 Å². The molecule has 5 nitrogen and oxygen atoms in total. The van der Waals surface area contributed by atoms with Crippen molar-refractivity contribution in [2.45, 2.75) is 77.6 Å². The fourth-order valence-corrected chi connectivity index (χ4v) is 3.59. The average molecular weight is 319 g/mol. The third kappa shape index (κ3) is 3.43. The lowest BCUT2D eigenvalue weighted by atomic mass is 9.93. The van der Waals surface area contributed by atoms with Crippen molar-refractivity contribution in [3.8, 4) is 0 Å². The molecule has 1 atom stereocenters. The molecule has 0 spiro atoms. The van der Waals surface area contributed by atoms with Crippen LogP contribution in [0.3, 0.4) is 0 Å².